The Balaban J connectivity index is 1.98. The largest absolute Gasteiger partial charge is 0.385 e. The first-order valence-corrected chi connectivity index (χ1v) is 5.21. The second-order valence-electron chi connectivity index (χ2n) is 4.11. The fraction of sp³-hybridized carbons (Fsp3) is 1.00. The minimum absolute atomic E-state index is 0.340. The van der Waals surface area contributed by atoms with Crippen LogP contribution in [0.5, 0.6) is 0 Å². The van der Waals surface area contributed by atoms with Gasteiger partial charge < -0.3 is 15.4 Å². The van der Waals surface area contributed by atoms with E-state index in [1.54, 1.807) is 7.11 Å². The van der Waals surface area contributed by atoms with Crippen molar-refractivity contribution in [2.24, 2.45) is 0 Å². The third-order valence-corrected chi connectivity index (χ3v) is 2.70. The standard InChI is InChI=1S/C10H22N2O/c1-10(5-7-11-9-10)12-6-3-4-8-13-2/h11-12H,3-9H2,1-2H3. The summed E-state index contributed by atoms with van der Waals surface area (Å²) in [6.07, 6.45) is 3.62. The van der Waals surface area contributed by atoms with E-state index in [-0.39, 0.29) is 0 Å². The highest BCUT2D eigenvalue weighted by molar-refractivity contribution is 4.91. The van der Waals surface area contributed by atoms with Crippen LogP contribution in [0.25, 0.3) is 0 Å². The molecule has 0 bridgehead atoms. The third-order valence-electron chi connectivity index (χ3n) is 2.70. The highest BCUT2D eigenvalue weighted by Gasteiger charge is 2.26. The maximum Gasteiger partial charge on any atom is 0.0462 e. The van der Waals surface area contributed by atoms with Crippen LogP contribution in [0.15, 0.2) is 0 Å². The Labute approximate surface area is 81.2 Å². The van der Waals surface area contributed by atoms with E-state index < -0.39 is 0 Å². The van der Waals surface area contributed by atoms with Crippen LogP contribution < -0.4 is 10.6 Å². The summed E-state index contributed by atoms with van der Waals surface area (Å²) >= 11 is 0. The zero-order valence-electron chi connectivity index (χ0n) is 8.86. The predicted octanol–water partition coefficient (Wildman–Crippen LogP) is 0.755. The number of unbranched alkanes of at least 4 members (excludes halogenated alkanes) is 1. The Hall–Kier alpha value is -0.120. The van der Waals surface area contributed by atoms with E-state index in [4.69, 9.17) is 4.74 Å². The summed E-state index contributed by atoms with van der Waals surface area (Å²) in [4.78, 5) is 0. The van der Waals surface area contributed by atoms with Gasteiger partial charge in [0, 0.05) is 25.8 Å². The number of hydrogen-bond acceptors (Lipinski definition) is 3. The fourth-order valence-electron chi connectivity index (χ4n) is 1.73. The molecule has 13 heavy (non-hydrogen) atoms. The monoisotopic (exact) mass is 186 g/mol. The van der Waals surface area contributed by atoms with Gasteiger partial charge in [-0.1, -0.05) is 0 Å². The van der Waals surface area contributed by atoms with Crippen LogP contribution in [0.4, 0.5) is 0 Å². The van der Waals surface area contributed by atoms with Gasteiger partial charge in [0.15, 0.2) is 0 Å². The van der Waals surface area contributed by atoms with Gasteiger partial charge in [-0.2, -0.15) is 0 Å². The van der Waals surface area contributed by atoms with Crippen LogP contribution >= 0.6 is 0 Å². The minimum Gasteiger partial charge on any atom is -0.385 e. The molecule has 1 aliphatic rings. The minimum atomic E-state index is 0.340. The summed E-state index contributed by atoms with van der Waals surface area (Å²) in [5, 5.41) is 6.98. The maximum atomic E-state index is 5.00. The molecule has 1 atom stereocenters. The van der Waals surface area contributed by atoms with E-state index in [1.165, 1.54) is 12.8 Å². The second kappa shape index (κ2) is 5.58. The van der Waals surface area contributed by atoms with Gasteiger partial charge in [-0.3, -0.25) is 0 Å². The van der Waals surface area contributed by atoms with Gasteiger partial charge in [0.25, 0.3) is 0 Å². The van der Waals surface area contributed by atoms with E-state index in [2.05, 4.69) is 17.6 Å². The number of methoxy groups -OCH3 is 1. The molecule has 0 aromatic rings. The molecule has 3 nitrogen and oxygen atoms in total. The van der Waals surface area contributed by atoms with Crippen molar-refractivity contribution in [3.05, 3.63) is 0 Å². The van der Waals surface area contributed by atoms with Crippen molar-refractivity contribution in [3.63, 3.8) is 0 Å². The molecule has 2 N–H and O–H groups in total. The fourth-order valence-corrected chi connectivity index (χ4v) is 1.73. The summed E-state index contributed by atoms with van der Waals surface area (Å²) in [7, 11) is 1.76. The number of ether oxygens (including phenoxy) is 1. The molecule has 1 aliphatic heterocycles. The Morgan fingerprint density at radius 1 is 1.46 bits per heavy atom. The van der Waals surface area contributed by atoms with Crippen molar-refractivity contribution >= 4 is 0 Å². The van der Waals surface area contributed by atoms with Crippen molar-refractivity contribution in [3.8, 4) is 0 Å². The normalized spacial score (nSPS) is 28.2. The van der Waals surface area contributed by atoms with Crippen molar-refractivity contribution in [1.82, 2.24) is 10.6 Å². The zero-order chi connectivity index (χ0) is 9.57. The predicted molar refractivity (Wildman–Crippen MR) is 55.0 cm³/mol. The van der Waals surface area contributed by atoms with Crippen molar-refractivity contribution in [2.75, 3.05) is 33.4 Å². The first-order valence-electron chi connectivity index (χ1n) is 5.21. The molecule has 0 radical (unpaired) electrons. The first kappa shape index (κ1) is 11.0. The Bertz CT molecular complexity index is 133. The number of hydrogen-bond donors (Lipinski definition) is 2. The molecule has 1 rings (SSSR count). The third kappa shape index (κ3) is 4.07. The lowest BCUT2D eigenvalue weighted by Crippen LogP contribution is -2.44. The average Bonchev–Trinajstić information content (AvgIpc) is 2.53. The van der Waals surface area contributed by atoms with Crippen molar-refractivity contribution in [2.45, 2.75) is 31.7 Å². The average molecular weight is 186 g/mol. The summed E-state index contributed by atoms with van der Waals surface area (Å²) in [5.74, 6) is 0. The molecule has 0 amide bonds. The lowest BCUT2D eigenvalue weighted by molar-refractivity contribution is 0.191. The molecule has 78 valence electrons. The number of rotatable bonds is 6. The highest BCUT2D eigenvalue weighted by atomic mass is 16.5. The molecule has 1 saturated heterocycles. The quantitative estimate of drug-likeness (QED) is 0.601. The van der Waals surface area contributed by atoms with Gasteiger partial charge in [-0.25, -0.2) is 0 Å². The maximum absolute atomic E-state index is 5.00. The van der Waals surface area contributed by atoms with E-state index in [1.807, 2.05) is 0 Å². The smallest absolute Gasteiger partial charge is 0.0462 e. The van der Waals surface area contributed by atoms with Crippen molar-refractivity contribution < 1.29 is 4.74 Å². The summed E-state index contributed by atoms with van der Waals surface area (Å²) in [6, 6.07) is 0. The Morgan fingerprint density at radius 3 is 2.92 bits per heavy atom. The van der Waals surface area contributed by atoms with E-state index >= 15 is 0 Å². The molecule has 0 aromatic carbocycles. The van der Waals surface area contributed by atoms with Crippen LogP contribution in [-0.4, -0.2) is 38.9 Å². The molecule has 0 aromatic heterocycles. The summed E-state index contributed by atoms with van der Waals surface area (Å²) in [6.45, 7) is 6.56. The molecule has 0 saturated carbocycles. The number of nitrogens with one attached hydrogen (secondary N) is 2. The van der Waals surface area contributed by atoms with Crippen LogP contribution in [0.2, 0.25) is 0 Å². The molecule has 0 spiro atoms. The molecule has 0 aliphatic carbocycles. The SMILES string of the molecule is COCCCCNC1(C)CCNC1. The highest BCUT2D eigenvalue weighted by Crippen LogP contribution is 2.12. The van der Waals surface area contributed by atoms with E-state index in [0.29, 0.717) is 5.54 Å². The molecule has 3 heteroatoms. The topological polar surface area (TPSA) is 33.3 Å². The van der Waals surface area contributed by atoms with Gasteiger partial charge in [0.05, 0.1) is 0 Å². The molecule has 1 heterocycles. The Kier molecular flexibility index (Phi) is 4.70. The summed E-state index contributed by atoms with van der Waals surface area (Å²) < 4.78 is 5.00. The van der Waals surface area contributed by atoms with Crippen LogP contribution in [-0.2, 0) is 4.74 Å². The van der Waals surface area contributed by atoms with Gasteiger partial charge in [-0.15, -0.1) is 0 Å². The second-order valence-corrected chi connectivity index (χ2v) is 4.11. The molecular formula is C10H22N2O. The van der Waals surface area contributed by atoms with Crippen LogP contribution in [0.1, 0.15) is 26.2 Å². The zero-order valence-corrected chi connectivity index (χ0v) is 8.86. The lowest BCUT2D eigenvalue weighted by atomic mass is 10.0. The first-order chi connectivity index (χ1) is 6.27. The van der Waals surface area contributed by atoms with Crippen molar-refractivity contribution in [1.29, 1.82) is 0 Å². The van der Waals surface area contributed by atoms with Gasteiger partial charge in [0.2, 0.25) is 0 Å². The van der Waals surface area contributed by atoms with Crippen LogP contribution in [0, 0.1) is 0 Å². The Morgan fingerprint density at radius 2 is 2.31 bits per heavy atom. The van der Waals surface area contributed by atoms with Gasteiger partial charge in [0.1, 0.15) is 0 Å². The van der Waals surface area contributed by atoms with Gasteiger partial charge >= 0.3 is 0 Å². The van der Waals surface area contributed by atoms with Gasteiger partial charge in [-0.05, 0) is 39.3 Å². The molecule has 1 unspecified atom stereocenters. The lowest BCUT2D eigenvalue weighted by Gasteiger charge is -2.24. The van der Waals surface area contributed by atoms with E-state index in [9.17, 15) is 0 Å². The van der Waals surface area contributed by atoms with Crippen LogP contribution in [0.3, 0.4) is 0 Å². The van der Waals surface area contributed by atoms with E-state index in [0.717, 1.165) is 32.7 Å². The summed E-state index contributed by atoms with van der Waals surface area (Å²) in [5.41, 5.74) is 0.340. The molecule has 1 fully saturated rings. The molecular weight excluding hydrogens is 164 g/mol.